The predicted octanol–water partition coefficient (Wildman–Crippen LogP) is 2.42. The summed E-state index contributed by atoms with van der Waals surface area (Å²) in [6, 6.07) is 7.06. The molecule has 0 aromatic heterocycles. The molecule has 1 aromatic rings. The maximum atomic E-state index is 12.2. The molecule has 1 aliphatic heterocycles. The van der Waals surface area contributed by atoms with Crippen LogP contribution in [0.5, 0.6) is 0 Å². The zero-order valence-corrected chi connectivity index (χ0v) is 10.7. The van der Waals surface area contributed by atoms with Crippen LogP contribution in [-0.4, -0.2) is 42.5 Å². The monoisotopic (exact) mass is 273 g/mol. The van der Waals surface area contributed by atoms with E-state index in [2.05, 4.69) is 0 Å². The molecule has 0 aliphatic carbocycles. The molecular weight excluding hydrogens is 261 g/mol. The van der Waals surface area contributed by atoms with Crippen LogP contribution in [0.15, 0.2) is 24.3 Å². The van der Waals surface area contributed by atoms with Crippen molar-refractivity contribution < 1.29 is 9.53 Å². The lowest BCUT2D eigenvalue weighted by molar-refractivity contribution is -0.0107. The van der Waals surface area contributed by atoms with Crippen LogP contribution in [-0.2, 0) is 4.74 Å². The SMILES string of the molecule is O=C(c1ccccc1Cl)N1CCOC(CCl)C1. The highest BCUT2D eigenvalue weighted by molar-refractivity contribution is 6.33. The molecule has 0 bridgehead atoms. The fourth-order valence-corrected chi connectivity index (χ4v) is 2.21. The summed E-state index contributed by atoms with van der Waals surface area (Å²) in [6.07, 6.45) is -0.0862. The first-order valence-corrected chi connectivity index (χ1v) is 6.35. The van der Waals surface area contributed by atoms with Gasteiger partial charge >= 0.3 is 0 Å². The molecule has 17 heavy (non-hydrogen) atoms. The van der Waals surface area contributed by atoms with Crippen molar-refractivity contribution >= 4 is 29.1 Å². The van der Waals surface area contributed by atoms with Gasteiger partial charge in [0.05, 0.1) is 29.2 Å². The van der Waals surface area contributed by atoms with E-state index >= 15 is 0 Å². The molecule has 1 aliphatic rings. The number of amides is 1. The van der Waals surface area contributed by atoms with E-state index < -0.39 is 0 Å². The average Bonchev–Trinajstić information content (AvgIpc) is 2.38. The van der Waals surface area contributed by atoms with Crippen LogP contribution in [0.1, 0.15) is 10.4 Å². The van der Waals surface area contributed by atoms with Gasteiger partial charge in [-0.25, -0.2) is 0 Å². The second-order valence-electron chi connectivity index (χ2n) is 3.88. The molecular formula is C12H13Cl2NO2. The van der Waals surface area contributed by atoms with E-state index in [1.54, 1.807) is 29.2 Å². The summed E-state index contributed by atoms with van der Waals surface area (Å²) in [4.78, 5) is 14.0. The second-order valence-corrected chi connectivity index (χ2v) is 4.59. The van der Waals surface area contributed by atoms with E-state index in [1.165, 1.54) is 0 Å². The summed E-state index contributed by atoms with van der Waals surface area (Å²) in [5, 5.41) is 0.478. The molecule has 0 saturated carbocycles. The van der Waals surface area contributed by atoms with E-state index in [1.807, 2.05) is 0 Å². The van der Waals surface area contributed by atoms with Crippen LogP contribution in [0.2, 0.25) is 5.02 Å². The van der Waals surface area contributed by atoms with Gasteiger partial charge in [-0.1, -0.05) is 23.7 Å². The smallest absolute Gasteiger partial charge is 0.255 e. The minimum atomic E-state index is -0.0862. The summed E-state index contributed by atoms with van der Waals surface area (Å²) < 4.78 is 5.41. The Bertz CT molecular complexity index is 411. The molecule has 2 rings (SSSR count). The summed E-state index contributed by atoms with van der Waals surface area (Å²) in [6.45, 7) is 1.62. The highest BCUT2D eigenvalue weighted by Gasteiger charge is 2.25. The average molecular weight is 274 g/mol. The Labute approximate surface area is 110 Å². The number of ether oxygens (including phenoxy) is 1. The van der Waals surface area contributed by atoms with E-state index in [0.717, 1.165) is 0 Å². The Kier molecular flexibility index (Phi) is 4.26. The first-order valence-electron chi connectivity index (χ1n) is 5.43. The highest BCUT2D eigenvalue weighted by atomic mass is 35.5. The van der Waals surface area contributed by atoms with Crippen LogP contribution < -0.4 is 0 Å². The van der Waals surface area contributed by atoms with Gasteiger partial charge in [0.25, 0.3) is 5.91 Å². The molecule has 1 heterocycles. The number of rotatable bonds is 2. The van der Waals surface area contributed by atoms with Crippen LogP contribution in [0.25, 0.3) is 0 Å². The van der Waals surface area contributed by atoms with Gasteiger partial charge in [0, 0.05) is 13.1 Å². The number of hydrogen-bond donors (Lipinski definition) is 0. The minimum Gasteiger partial charge on any atom is -0.373 e. The summed E-state index contributed by atoms with van der Waals surface area (Å²) >= 11 is 11.7. The molecule has 1 atom stereocenters. The van der Waals surface area contributed by atoms with Crippen molar-refractivity contribution in [3.8, 4) is 0 Å². The first-order chi connectivity index (χ1) is 8.22. The molecule has 0 spiro atoms. The minimum absolute atomic E-state index is 0.0611. The lowest BCUT2D eigenvalue weighted by atomic mass is 10.2. The molecule has 1 aromatic carbocycles. The van der Waals surface area contributed by atoms with Crippen LogP contribution >= 0.6 is 23.2 Å². The molecule has 92 valence electrons. The van der Waals surface area contributed by atoms with Crippen molar-refractivity contribution in [1.29, 1.82) is 0 Å². The van der Waals surface area contributed by atoms with E-state index in [9.17, 15) is 4.79 Å². The third-order valence-corrected chi connectivity index (χ3v) is 3.38. The topological polar surface area (TPSA) is 29.5 Å². The van der Waals surface area contributed by atoms with Gasteiger partial charge < -0.3 is 9.64 Å². The van der Waals surface area contributed by atoms with E-state index in [0.29, 0.717) is 36.2 Å². The molecule has 1 amide bonds. The van der Waals surface area contributed by atoms with Crippen molar-refractivity contribution in [1.82, 2.24) is 4.90 Å². The quantitative estimate of drug-likeness (QED) is 0.775. The van der Waals surface area contributed by atoms with Crippen molar-refractivity contribution in [3.63, 3.8) is 0 Å². The Hall–Kier alpha value is -0.770. The second kappa shape index (κ2) is 5.71. The third kappa shape index (κ3) is 2.92. The largest absolute Gasteiger partial charge is 0.373 e. The summed E-state index contributed by atoms with van der Waals surface area (Å²) in [5.41, 5.74) is 0.532. The Morgan fingerprint density at radius 3 is 2.94 bits per heavy atom. The van der Waals surface area contributed by atoms with E-state index in [-0.39, 0.29) is 12.0 Å². The molecule has 3 nitrogen and oxygen atoms in total. The van der Waals surface area contributed by atoms with Crippen molar-refractivity contribution in [2.75, 3.05) is 25.6 Å². The van der Waals surface area contributed by atoms with E-state index in [4.69, 9.17) is 27.9 Å². The summed E-state index contributed by atoms with van der Waals surface area (Å²) in [7, 11) is 0. The van der Waals surface area contributed by atoms with Gasteiger partial charge in [-0.2, -0.15) is 0 Å². The zero-order chi connectivity index (χ0) is 12.3. The number of halogens is 2. The normalized spacial score (nSPS) is 20.4. The Balaban J connectivity index is 2.12. The van der Waals surface area contributed by atoms with Crippen LogP contribution in [0.4, 0.5) is 0 Å². The molecule has 0 radical (unpaired) electrons. The first kappa shape index (κ1) is 12.7. The van der Waals surface area contributed by atoms with Gasteiger partial charge in [-0.15, -0.1) is 11.6 Å². The standard InChI is InChI=1S/C12H13Cl2NO2/c13-7-9-8-15(5-6-17-9)12(16)10-3-1-2-4-11(10)14/h1-4,9H,5-8H2. The molecule has 1 fully saturated rings. The molecule has 5 heteroatoms. The number of benzene rings is 1. The van der Waals surface area contributed by atoms with Gasteiger partial charge in [0.2, 0.25) is 0 Å². The zero-order valence-electron chi connectivity index (χ0n) is 9.23. The lowest BCUT2D eigenvalue weighted by Crippen LogP contribution is -2.46. The Morgan fingerprint density at radius 1 is 1.47 bits per heavy atom. The number of carbonyl (C=O) groups excluding carboxylic acids is 1. The van der Waals surface area contributed by atoms with Gasteiger partial charge in [0.1, 0.15) is 0 Å². The number of carbonyl (C=O) groups is 1. The highest BCUT2D eigenvalue weighted by Crippen LogP contribution is 2.18. The molecule has 1 saturated heterocycles. The maximum Gasteiger partial charge on any atom is 0.255 e. The Morgan fingerprint density at radius 2 is 2.24 bits per heavy atom. The maximum absolute atomic E-state index is 12.2. The number of nitrogens with zero attached hydrogens (tertiary/aromatic N) is 1. The number of morpholine rings is 1. The third-order valence-electron chi connectivity index (χ3n) is 2.70. The van der Waals surface area contributed by atoms with Crippen molar-refractivity contribution in [2.45, 2.75) is 6.10 Å². The molecule has 1 unspecified atom stereocenters. The van der Waals surface area contributed by atoms with Crippen molar-refractivity contribution in [2.24, 2.45) is 0 Å². The van der Waals surface area contributed by atoms with Crippen LogP contribution in [0, 0.1) is 0 Å². The van der Waals surface area contributed by atoms with Gasteiger partial charge in [-0.3, -0.25) is 4.79 Å². The number of hydrogen-bond acceptors (Lipinski definition) is 2. The van der Waals surface area contributed by atoms with Crippen LogP contribution in [0.3, 0.4) is 0 Å². The van der Waals surface area contributed by atoms with Gasteiger partial charge in [-0.05, 0) is 12.1 Å². The predicted molar refractivity (Wildman–Crippen MR) is 67.8 cm³/mol. The fraction of sp³-hybridized carbons (Fsp3) is 0.417. The fourth-order valence-electron chi connectivity index (χ4n) is 1.80. The lowest BCUT2D eigenvalue weighted by Gasteiger charge is -2.32. The summed E-state index contributed by atoms with van der Waals surface area (Å²) in [5.74, 6) is 0.334. The molecule has 0 N–H and O–H groups in total. The van der Waals surface area contributed by atoms with Crippen molar-refractivity contribution in [3.05, 3.63) is 34.9 Å². The van der Waals surface area contributed by atoms with Gasteiger partial charge in [0.15, 0.2) is 0 Å². The number of alkyl halides is 1.